The van der Waals surface area contributed by atoms with E-state index in [0.29, 0.717) is 5.57 Å². The Bertz CT molecular complexity index is 170. The molecule has 1 unspecified atom stereocenters. The minimum Gasteiger partial charge on any atom is -0.481 e. The van der Waals surface area contributed by atoms with E-state index in [4.69, 9.17) is 5.11 Å². The second kappa shape index (κ2) is 3.82. The van der Waals surface area contributed by atoms with Crippen molar-refractivity contribution in [3.05, 3.63) is 11.6 Å². The number of hydrogen-bond acceptors (Lipinski definition) is 2. The fourth-order valence-corrected chi connectivity index (χ4v) is 0.413. The van der Waals surface area contributed by atoms with Crippen LogP contribution >= 0.6 is 0 Å². The van der Waals surface area contributed by atoms with Crippen molar-refractivity contribution in [2.24, 2.45) is 5.92 Å². The molecule has 3 heteroatoms. The van der Waals surface area contributed by atoms with E-state index in [1.807, 2.05) is 0 Å². The van der Waals surface area contributed by atoms with Gasteiger partial charge in [0.25, 0.3) is 0 Å². The number of carbonyl (C=O) groups excluding carboxylic acids is 1. The Hall–Kier alpha value is -1.12. The maximum atomic E-state index is 10.2. The van der Waals surface area contributed by atoms with Gasteiger partial charge in [0.15, 0.2) is 0 Å². The first-order valence-electron chi connectivity index (χ1n) is 2.86. The van der Waals surface area contributed by atoms with Crippen molar-refractivity contribution in [1.82, 2.24) is 0 Å². The Morgan fingerprint density at radius 2 is 2.20 bits per heavy atom. The van der Waals surface area contributed by atoms with Crippen LogP contribution in [0, 0.1) is 5.92 Å². The van der Waals surface area contributed by atoms with E-state index in [2.05, 4.69) is 0 Å². The Kier molecular flexibility index (Phi) is 3.39. The first-order chi connectivity index (χ1) is 4.59. The van der Waals surface area contributed by atoms with Crippen LogP contribution in [0.25, 0.3) is 0 Å². The molecule has 10 heavy (non-hydrogen) atoms. The van der Waals surface area contributed by atoms with Crippen LogP contribution in [0.4, 0.5) is 0 Å². The summed E-state index contributed by atoms with van der Waals surface area (Å²) in [7, 11) is 0. The number of rotatable bonds is 3. The summed E-state index contributed by atoms with van der Waals surface area (Å²) >= 11 is 0. The Morgan fingerprint density at radius 1 is 1.70 bits per heavy atom. The van der Waals surface area contributed by atoms with Gasteiger partial charge in [-0.2, -0.15) is 0 Å². The van der Waals surface area contributed by atoms with E-state index in [1.54, 1.807) is 6.92 Å². The van der Waals surface area contributed by atoms with Gasteiger partial charge < -0.3 is 5.11 Å². The van der Waals surface area contributed by atoms with Crippen LogP contribution in [-0.4, -0.2) is 17.4 Å². The molecule has 0 amide bonds. The van der Waals surface area contributed by atoms with Crippen molar-refractivity contribution in [3.63, 3.8) is 0 Å². The summed E-state index contributed by atoms with van der Waals surface area (Å²) in [4.78, 5) is 20.0. The van der Waals surface area contributed by atoms with Crippen LogP contribution < -0.4 is 0 Å². The van der Waals surface area contributed by atoms with Crippen molar-refractivity contribution in [1.29, 1.82) is 0 Å². The van der Waals surface area contributed by atoms with Crippen molar-refractivity contribution in [2.45, 2.75) is 13.8 Å². The smallest absolute Gasteiger partial charge is 0.310 e. The minimum absolute atomic E-state index is 0.516. The zero-order valence-corrected chi connectivity index (χ0v) is 5.92. The molecule has 0 bridgehead atoms. The lowest BCUT2D eigenvalue weighted by molar-refractivity contribution is -0.139. The molecule has 1 radical (unpaired) electrons. The van der Waals surface area contributed by atoms with Crippen LogP contribution in [-0.2, 0) is 9.59 Å². The molecule has 0 aliphatic heterocycles. The van der Waals surface area contributed by atoms with E-state index < -0.39 is 11.9 Å². The third kappa shape index (κ3) is 2.44. The van der Waals surface area contributed by atoms with Crippen molar-refractivity contribution in [3.8, 4) is 0 Å². The molecule has 0 aliphatic carbocycles. The molecule has 0 saturated carbocycles. The molecule has 3 nitrogen and oxygen atoms in total. The van der Waals surface area contributed by atoms with E-state index in [9.17, 15) is 9.59 Å². The van der Waals surface area contributed by atoms with Crippen LogP contribution in [0.5, 0.6) is 0 Å². The molecule has 0 aliphatic rings. The largest absolute Gasteiger partial charge is 0.481 e. The minimum atomic E-state index is -0.927. The van der Waals surface area contributed by atoms with Crippen LogP contribution in [0.1, 0.15) is 13.8 Å². The van der Waals surface area contributed by atoms with E-state index in [0.717, 1.165) is 6.08 Å². The SMILES string of the molecule is C/C(=C\[C]=O)C(C)C(=O)O. The number of hydrogen-bond donors (Lipinski definition) is 1. The van der Waals surface area contributed by atoms with Crippen molar-refractivity contribution in [2.75, 3.05) is 0 Å². The predicted molar refractivity (Wildman–Crippen MR) is 36.3 cm³/mol. The molecule has 1 atom stereocenters. The summed E-state index contributed by atoms with van der Waals surface area (Å²) in [5, 5.41) is 8.41. The van der Waals surface area contributed by atoms with Gasteiger partial charge in [0.05, 0.1) is 5.92 Å². The first kappa shape index (κ1) is 8.88. The highest BCUT2D eigenvalue weighted by atomic mass is 16.4. The Balaban J connectivity index is 4.19. The standard InChI is InChI=1S/C7H9O3/c1-5(3-4-8)6(2)7(9)10/h3,6H,1-2H3,(H,9,10)/b5-3+. The summed E-state index contributed by atoms with van der Waals surface area (Å²) in [6.45, 7) is 3.11. The summed E-state index contributed by atoms with van der Waals surface area (Å²) in [5.74, 6) is -1.52. The fourth-order valence-electron chi connectivity index (χ4n) is 0.413. The number of carbonyl (C=O) groups is 1. The van der Waals surface area contributed by atoms with Crippen LogP contribution in [0.2, 0.25) is 0 Å². The van der Waals surface area contributed by atoms with Gasteiger partial charge in [-0.1, -0.05) is 5.57 Å². The zero-order valence-electron chi connectivity index (χ0n) is 5.92. The molecule has 0 saturated heterocycles. The lowest BCUT2D eigenvalue weighted by Crippen LogP contribution is -2.10. The average molecular weight is 141 g/mol. The fraction of sp³-hybridized carbons (Fsp3) is 0.429. The first-order valence-corrected chi connectivity index (χ1v) is 2.86. The monoisotopic (exact) mass is 141 g/mol. The number of allylic oxidation sites excluding steroid dienone is 1. The highest BCUT2D eigenvalue weighted by Crippen LogP contribution is 2.07. The molecule has 0 heterocycles. The van der Waals surface area contributed by atoms with Gasteiger partial charge in [0, 0.05) is 0 Å². The molecule has 0 aromatic carbocycles. The summed E-state index contributed by atoms with van der Waals surface area (Å²) < 4.78 is 0. The van der Waals surface area contributed by atoms with E-state index in [-0.39, 0.29) is 0 Å². The third-order valence-corrected chi connectivity index (χ3v) is 1.34. The second-order valence-corrected chi connectivity index (χ2v) is 2.07. The Labute approximate surface area is 59.4 Å². The van der Waals surface area contributed by atoms with Gasteiger partial charge in [-0.15, -0.1) is 0 Å². The highest BCUT2D eigenvalue weighted by molar-refractivity contribution is 5.76. The molecule has 0 fully saturated rings. The lowest BCUT2D eigenvalue weighted by atomic mass is 10.0. The summed E-state index contributed by atoms with van der Waals surface area (Å²) in [6, 6.07) is 0. The van der Waals surface area contributed by atoms with Gasteiger partial charge in [0.1, 0.15) is 0 Å². The zero-order chi connectivity index (χ0) is 8.15. The van der Waals surface area contributed by atoms with Crippen molar-refractivity contribution < 1.29 is 14.7 Å². The number of carboxylic acids is 1. The molecule has 0 aromatic heterocycles. The topological polar surface area (TPSA) is 54.4 Å². The lowest BCUT2D eigenvalue weighted by Gasteiger charge is -2.02. The molecular weight excluding hydrogens is 132 g/mol. The summed E-state index contributed by atoms with van der Waals surface area (Å²) in [6.07, 6.45) is 2.67. The van der Waals surface area contributed by atoms with E-state index in [1.165, 1.54) is 13.2 Å². The average Bonchev–Trinajstić information content (AvgIpc) is 1.87. The normalized spacial score (nSPS) is 14.4. The van der Waals surface area contributed by atoms with Gasteiger partial charge >= 0.3 is 5.97 Å². The second-order valence-electron chi connectivity index (χ2n) is 2.07. The predicted octanol–water partition coefficient (Wildman–Crippen LogP) is 0.763. The molecule has 0 aromatic rings. The van der Waals surface area contributed by atoms with Gasteiger partial charge in [-0.05, 0) is 19.9 Å². The molecule has 1 N–H and O–H groups in total. The molecular formula is C7H9O3. The third-order valence-electron chi connectivity index (χ3n) is 1.34. The van der Waals surface area contributed by atoms with Gasteiger partial charge in [-0.25, -0.2) is 0 Å². The maximum absolute atomic E-state index is 10.2. The Morgan fingerprint density at radius 3 is 2.50 bits per heavy atom. The van der Waals surface area contributed by atoms with Crippen LogP contribution in [0.15, 0.2) is 11.6 Å². The van der Waals surface area contributed by atoms with Gasteiger partial charge in [-0.3, -0.25) is 9.59 Å². The van der Waals surface area contributed by atoms with Gasteiger partial charge in [0.2, 0.25) is 6.29 Å². The summed E-state index contributed by atoms with van der Waals surface area (Å²) in [5.41, 5.74) is 0.516. The van der Waals surface area contributed by atoms with Crippen molar-refractivity contribution >= 4 is 12.3 Å². The quantitative estimate of drug-likeness (QED) is 0.590. The molecule has 0 rings (SSSR count). The maximum Gasteiger partial charge on any atom is 0.310 e. The highest BCUT2D eigenvalue weighted by Gasteiger charge is 2.11. The number of aliphatic carboxylic acids is 1. The van der Waals surface area contributed by atoms with E-state index >= 15 is 0 Å². The molecule has 0 spiro atoms. The molecule has 55 valence electrons. The number of carboxylic acid groups (broad SMARTS) is 1. The van der Waals surface area contributed by atoms with Crippen LogP contribution in [0.3, 0.4) is 0 Å².